The number of anilines is 1. The zero-order valence-electron chi connectivity index (χ0n) is 11.4. The van der Waals surface area contributed by atoms with Gasteiger partial charge in [0.1, 0.15) is 5.75 Å². The second kappa shape index (κ2) is 6.56. The predicted octanol–water partition coefficient (Wildman–Crippen LogP) is 2.74. The molecule has 1 aromatic heterocycles. The molecule has 0 aliphatic heterocycles. The Kier molecular flexibility index (Phi) is 4.55. The Balaban J connectivity index is 2.14. The van der Waals surface area contributed by atoms with Gasteiger partial charge in [-0.25, -0.2) is 4.98 Å². The Morgan fingerprint density at radius 1 is 1.25 bits per heavy atom. The van der Waals surface area contributed by atoms with Gasteiger partial charge in [-0.05, 0) is 43.3 Å². The number of benzene rings is 1. The normalized spacial score (nSPS) is 9.90. The molecule has 1 amide bonds. The SMILES string of the molecule is CCOc1cccnc1NC(=O)c1ccc(OC)cc1. The molecule has 0 fully saturated rings. The number of carbonyl (C=O) groups excluding carboxylic acids is 1. The quantitative estimate of drug-likeness (QED) is 0.909. The van der Waals surface area contributed by atoms with E-state index in [1.165, 1.54) is 0 Å². The van der Waals surface area contributed by atoms with Gasteiger partial charge in [-0.1, -0.05) is 0 Å². The molecule has 1 N–H and O–H groups in total. The maximum atomic E-state index is 12.1. The van der Waals surface area contributed by atoms with Crippen LogP contribution in [0.5, 0.6) is 11.5 Å². The molecule has 0 unspecified atom stereocenters. The lowest BCUT2D eigenvalue weighted by atomic mass is 10.2. The Labute approximate surface area is 117 Å². The van der Waals surface area contributed by atoms with E-state index >= 15 is 0 Å². The van der Waals surface area contributed by atoms with Crippen LogP contribution in [0.2, 0.25) is 0 Å². The molecule has 5 nitrogen and oxygen atoms in total. The van der Waals surface area contributed by atoms with Crippen molar-refractivity contribution in [1.29, 1.82) is 0 Å². The van der Waals surface area contributed by atoms with Crippen LogP contribution in [0.4, 0.5) is 5.82 Å². The highest BCUT2D eigenvalue weighted by Gasteiger charge is 2.10. The summed E-state index contributed by atoms with van der Waals surface area (Å²) in [5.74, 6) is 1.42. The molecule has 0 aliphatic rings. The molecule has 0 saturated heterocycles. The fourth-order valence-corrected chi connectivity index (χ4v) is 1.68. The number of hydrogen-bond acceptors (Lipinski definition) is 4. The van der Waals surface area contributed by atoms with Gasteiger partial charge in [0.05, 0.1) is 13.7 Å². The fraction of sp³-hybridized carbons (Fsp3) is 0.200. The molecule has 104 valence electrons. The summed E-state index contributed by atoms with van der Waals surface area (Å²) in [6.07, 6.45) is 1.60. The highest BCUT2D eigenvalue weighted by Crippen LogP contribution is 2.21. The second-order valence-corrected chi connectivity index (χ2v) is 3.97. The van der Waals surface area contributed by atoms with Gasteiger partial charge < -0.3 is 14.8 Å². The minimum atomic E-state index is -0.243. The molecular weight excluding hydrogens is 256 g/mol. The number of aromatic nitrogens is 1. The number of ether oxygens (including phenoxy) is 2. The summed E-state index contributed by atoms with van der Waals surface area (Å²) in [6, 6.07) is 10.4. The van der Waals surface area contributed by atoms with Gasteiger partial charge in [0.15, 0.2) is 11.6 Å². The molecule has 0 radical (unpaired) electrons. The van der Waals surface area contributed by atoms with E-state index in [0.29, 0.717) is 29.5 Å². The van der Waals surface area contributed by atoms with E-state index in [1.54, 1.807) is 49.7 Å². The van der Waals surface area contributed by atoms with Gasteiger partial charge in [-0.15, -0.1) is 0 Å². The van der Waals surface area contributed by atoms with Gasteiger partial charge in [-0.3, -0.25) is 4.79 Å². The predicted molar refractivity (Wildman–Crippen MR) is 76.4 cm³/mol. The first-order chi connectivity index (χ1) is 9.74. The maximum Gasteiger partial charge on any atom is 0.256 e. The van der Waals surface area contributed by atoms with Crippen molar-refractivity contribution in [3.8, 4) is 11.5 Å². The molecule has 1 aromatic carbocycles. The highest BCUT2D eigenvalue weighted by molar-refractivity contribution is 6.04. The van der Waals surface area contributed by atoms with E-state index in [0.717, 1.165) is 0 Å². The molecule has 0 saturated carbocycles. The van der Waals surface area contributed by atoms with E-state index in [1.807, 2.05) is 6.92 Å². The number of rotatable bonds is 5. The van der Waals surface area contributed by atoms with Crippen molar-refractivity contribution in [3.05, 3.63) is 48.2 Å². The number of amides is 1. The van der Waals surface area contributed by atoms with Crippen LogP contribution in [0.15, 0.2) is 42.6 Å². The molecular formula is C15H16N2O3. The van der Waals surface area contributed by atoms with Crippen LogP contribution in [0, 0.1) is 0 Å². The van der Waals surface area contributed by atoms with Crippen LogP contribution in [-0.2, 0) is 0 Å². The standard InChI is InChI=1S/C15H16N2O3/c1-3-20-13-5-4-10-16-14(13)17-15(18)11-6-8-12(19-2)9-7-11/h4-10H,3H2,1-2H3,(H,16,17,18). The fourth-order valence-electron chi connectivity index (χ4n) is 1.68. The van der Waals surface area contributed by atoms with Gasteiger partial charge in [0.25, 0.3) is 5.91 Å². The second-order valence-electron chi connectivity index (χ2n) is 3.97. The summed E-state index contributed by atoms with van der Waals surface area (Å²) >= 11 is 0. The van der Waals surface area contributed by atoms with Crippen LogP contribution < -0.4 is 14.8 Å². The zero-order valence-corrected chi connectivity index (χ0v) is 11.4. The molecule has 0 spiro atoms. The molecule has 0 aliphatic carbocycles. The lowest BCUT2D eigenvalue weighted by Gasteiger charge is -2.10. The first-order valence-corrected chi connectivity index (χ1v) is 6.27. The first-order valence-electron chi connectivity index (χ1n) is 6.27. The topological polar surface area (TPSA) is 60.5 Å². The summed E-state index contributed by atoms with van der Waals surface area (Å²) in [4.78, 5) is 16.2. The van der Waals surface area contributed by atoms with Crippen LogP contribution in [0.1, 0.15) is 17.3 Å². The molecule has 0 bridgehead atoms. The van der Waals surface area contributed by atoms with Gasteiger partial charge in [0.2, 0.25) is 0 Å². The highest BCUT2D eigenvalue weighted by atomic mass is 16.5. The minimum absolute atomic E-state index is 0.243. The Bertz CT molecular complexity index is 582. The van der Waals surface area contributed by atoms with Crippen molar-refractivity contribution < 1.29 is 14.3 Å². The summed E-state index contributed by atoms with van der Waals surface area (Å²) in [5.41, 5.74) is 0.527. The third-order valence-corrected chi connectivity index (χ3v) is 2.65. The third kappa shape index (κ3) is 3.26. The summed E-state index contributed by atoms with van der Waals surface area (Å²) in [5, 5.41) is 2.73. The van der Waals surface area contributed by atoms with Gasteiger partial charge in [-0.2, -0.15) is 0 Å². The average molecular weight is 272 g/mol. The average Bonchev–Trinajstić information content (AvgIpc) is 2.49. The summed E-state index contributed by atoms with van der Waals surface area (Å²) < 4.78 is 10.5. The van der Waals surface area contributed by atoms with Crippen molar-refractivity contribution in [3.63, 3.8) is 0 Å². The Hall–Kier alpha value is -2.56. The molecule has 2 aromatic rings. The largest absolute Gasteiger partial charge is 0.497 e. The summed E-state index contributed by atoms with van der Waals surface area (Å²) in [7, 11) is 1.58. The Morgan fingerprint density at radius 2 is 2.00 bits per heavy atom. The van der Waals surface area contributed by atoms with Crippen molar-refractivity contribution >= 4 is 11.7 Å². The number of pyridine rings is 1. The molecule has 0 atom stereocenters. The van der Waals surface area contributed by atoms with Gasteiger partial charge >= 0.3 is 0 Å². The van der Waals surface area contributed by atoms with Gasteiger partial charge in [0, 0.05) is 11.8 Å². The van der Waals surface area contributed by atoms with Crippen molar-refractivity contribution in [2.75, 3.05) is 19.0 Å². The van der Waals surface area contributed by atoms with E-state index < -0.39 is 0 Å². The molecule has 1 heterocycles. The maximum absolute atomic E-state index is 12.1. The van der Waals surface area contributed by atoms with Crippen LogP contribution >= 0.6 is 0 Å². The van der Waals surface area contributed by atoms with E-state index in [2.05, 4.69) is 10.3 Å². The van der Waals surface area contributed by atoms with Crippen LogP contribution in [0.3, 0.4) is 0 Å². The lowest BCUT2D eigenvalue weighted by Crippen LogP contribution is -2.14. The molecule has 5 heteroatoms. The first kappa shape index (κ1) is 13.9. The van der Waals surface area contributed by atoms with E-state index in [9.17, 15) is 4.79 Å². The lowest BCUT2D eigenvalue weighted by molar-refractivity contribution is 0.102. The van der Waals surface area contributed by atoms with Crippen molar-refractivity contribution in [1.82, 2.24) is 4.98 Å². The smallest absolute Gasteiger partial charge is 0.256 e. The number of carbonyl (C=O) groups is 1. The van der Waals surface area contributed by atoms with E-state index in [4.69, 9.17) is 9.47 Å². The summed E-state index contributed by atoms with van der Waals surface area (Å²) in [6.45, 7) is 2.39. The number of nitrogens with zero attached hydrogens (tertiary/aromatic N) is 1. The number of nitrogens with one attached hydrogen (secondary N) is 1. The monoisotopic (exact) mass is 272 g/mol. The molecule has 2 rings (SSSR count). The van der Waals surface area contributed by atoms with Crippen LogP contribution in [-0.4, -0.2) is 24.6 Å². The van der Waals surface area contributed by atoms with Crippen molar-refractivity contribution in [2.24, 2.45) is 0 Å². The Morgan fingerprint density at radius 3 is 2.65 bits per heavy atom. The number of methoxy groups -OCH3 is 1. The van der Waals surface area contributed by atoms with Crippen molar-refractivity contribution in [2.45, 2.75) is 6.92 Å². The number of hydrogen-bond donors (Lipinski definition) is 1. The third-order valence-electron chi connectivity index (χ3n) is 2.65. The minimum Gasteiger partial charge on any atom is -0.497 e. The molecule has 20 heavy (non-hydrogen) atoms. The zero-order chi connectivity index (χ0) is 14.4. The van der Waals surface area contributed by atoms with E-state index in [-0.39, 0.29) is 5.91 Å². The van der Waals surface area contributed by atoms with Crippen LogP contribution in [0.25, 0.3) is 0 Å².